The van der Waals surface area contributed by atoms with Crippen LogP contribution < -0.4 is 19.6 Å². The summed E-state index contributed by atoms with van der Waals surface area (Å²) in [6.45, 7) is 0.103. The molecule has 32 heavy (non-hydrogen) atoms. The van der Waals surface area contributed by atoms with Gasteiger partial charge in [0.1, 0.15) is 17.4 Å². The zero-order valence-electron chi connectivity index (χ0n) is 17.0. The molecular formula is C23H19Cl3N2O4. The van der Waals surface area contributed by atoms with E-state index in [1.54, 1.807) is 55.6 Å². The number of benzene rings is 3. The van der Waals surface area contributed by atoms with Gasteiger partial charge in [-0.2, -0.15) is 5.10 Å². The van der Waals surface area contributed by atoms with Gasteiger partial charge in [-0.15, -0.1) is 0 Å². The summed E-state index contributed by atoms with van der Waals surface area (Å²) < 4.78 is 16.6. The minimum Gasteiger partial charge on any atom is -0.493 e. The van der Waals surface area contributed by atoms with Crippen molar-refractivity contribution in [1.29, 1.82) is 0 Å². The molecule has 0 aromatic heterocycles. The molecule has 3 aromatic carbocycles. The highest BCUT2D eigenvalue weighted by atomic mass is 35.5. The van der Waals surface area contributed by atoms with E-state index >= 15 is 0 Å². The van der Waals surface area contributed by atoms with Crippen molar-refractivity contribution < 1.29 is 19.0 Å². The van der Waals surface area contributed by atoms with Gasteiger partial charge >= 0.3 is 0 Å². The van der Waals surface area contributed by atoms with Crippen molar-refractivity contribution in [2.45, 2.75) is 6.61 Å². The Hall–Kier alpha value is -2.93. The van der Waals surface area contributed by atoms with Crippen molar-refractivity contribution in [3.63, 3.8) is 0 Å². The second kappa shape index (κ2) is 11.6. The van der Waals surface area contributed by atoms with Crippen LogP contribution in [0.15, 0.2) is 65.8 Å². The standard InChI is InChI=1S/C23H19Cl3N2O4/c1-30-21-11-16(7-10-19(21)31-13-15-5-8-17(24)9-6-15)12-27-28-22(29)14-32-20-4-2-3-18(25)23(20)26/h2-12H,13-14H2,1H3,(H,28,29)/b27-12+. The summed E-state index contributed by atoms with van der Waals surface area (Å²) in [4.78, 5) is 11.9. The van der Waals surface area contributed by atoms with E-state index in [1.165, 1.54) is 6.21 Å². The SMILES string of the molecule is COc1cc(/C=N/NC(=O)COc2cccc(Cl)c2Cl)ccc1OCc1ccc(Cl)cc1. The number of nitrogens with zero attached hydrogens (tertiary/aromatic N) is 1. The highest BCUT2D eigenvalue weighted by Gasteiger charge is 2.08. The minimum atomic E-state index is -0.452. The fourth-order valence-electron chi connectivity index (χ4n) is 2.58. The smallest absolute Gasteiger partial charge is 0.277 e. The Morgan fingerprint density at radius 1 is 0.969 bits per heavy atom. The van der Waals surface area contributed by atoms with Gasteiger partial charge < -0.3 is 14.2 Å². The third-order valence-corrected chi connectivity index (χ3v) is 5.23. The van der Waals surface area contributed by atoms with E-state index in [0.29, 0.717) is 39.5 Å². The molecule has 0 unspecified atom stereocenters. The van der Waals surface area contributed by atoms with Crippen LogP contribution in [0.3, 0.4) is 0 Å². The quantitative estimate of drug-likeness (QED) is 0.304. The lowest BCUT2D eigenvalue weighted by atomic mass is 10.2. The molecule has 0 aliphatic carbocycles. The molecule has 3 aromatic rings. The topological polar surface area (TPSA) is 69.2 Å². The van der Waals surface area contributed by atoms with E-state index in [0.717, 1.165) is 5.56 Å². The predicted molar refractivity (Wildman–Crippen MR) is 126 cm³/mol. The highest BCUT2D eigenvalue weighted by molar-refractivity contribution is 6.42. The van der Waals surface area contributed by atoms with E-state index in [1.807, 2.05) is 12.1 Å². The molecule has 0 saturated heterocycles. The number of hydrazone groups is 1. The van der Waals surface area contributed by atoms with Gasteiger partial charge in [-0.25, -0.2) is 5.43 Å². The molecule has 3 rings (SSSR count). The maximum absolute atomic E-state index is 11.9. The lowest BCUT2D eigenvalue weighted by Crippen LogP contribution is -2.24. The summed E-state index contributed by atoms with van der Waals surface area (Å²) in [6, 6.07) is 17.6. The predicted octanol–water partition coefficient (Wildman–Crippen LogP) is 5.76. The molecule has 1 amide bonds. The molecule has 0 bridgehead atoms. The Morgan fingerprint density at radius 3 is 2.50 bits per heavy atom. The zero-order valence-corrected chi connectivity index (χ0v) is 19.2. The van der Waals surface area contributed by atoms with Crippen LogP contribution in [-0.4, -0.2) is 25.8 Å². The molecular weight excluding hydrogens is 475 g/mol. The second-order valence-electron chi connectivity index (χ2n) is 6.46. The molecule has 0 saturated carbocycles. The highest BCUT2D eigenvalue weighted by Crippen LogP contribution is 2.31. The minimum absolute atomic E-state index is 0.246. The van der Waals surface area contributed by atoms with Gasteiger partial charge in [0.15, 0.2) is 18.1 Å². The van der Waals surface area contributed by atoms with Gasteiger partial charge in [0.2, 0.25) is 0 Å². The van der Waals surface area contributed by atoms with Crippen LogP contribution in [0.4, 0.5) is 0 Å². The largest absolute Gasteiger partial charge is 0.493 e. The molecule has 1 N–H and O–H groups in total. The van der Waals surface area contributed by atoms with E-state index in [4.69, 9.17) is 49.0 Å². The fourth-order valence-corrected chi connectivity index (χ4v) is 3.05. The number of methoxy groups -OCH3 is 1. The number of amides is 1. The second-order valence-corrected chi connectivity index (χ2v) is 7.68. The van der Waals surface area contributed by atoms with Crippen molar-refractivity contribution in [3.05, 3.63) is 86.9 Å². The Kier molecular flexibility index (Phi) is 8.62. The summed E-state index contributed by atoms with van der Waals surface area (Å²) in [6.07, 6.45) is 1.48. The fraction of sp³-hybridized carbons (Fsp3) is 0.130. The Morgan fingerprint density at radius 2 is 1.75 bits per heavy atom. The number of carbonyl (C=O) groups is 1. The van der Waals surface area contributed by atoms with E-state index in [9.17, 15) is 4.79 Å². The van der Waals surface area contributed by atoms with Gasteiger partial charge in [-0.05, 0) is 53.6 Å². The monoisotopic (exact) mass is 492 g/mol. The lowest BCUT2D eigenvalue weighted by Gasteiger charge is -2.11. The van der Waals surface area contributed by atoms with E-state index in [-0.39, 0.29) is 11.6 Å². The number of halogens is 3. The van der Waals surface area contributed by atoms with Crippen LogP contribution in [0, 0.1) is 0 Å². The first-order valence-electron chi connectivity index (χ1n) is 9.40. The van der Waals surface area contributed by atoms with Gasteiger partial charge in [0, 0.05) is 5.02 Å². The van der Waals surface area contributed by atoms with Gasteiger partial charge in [-0.1, -0.05) is 53.0 Å². The van der Waals surface area contributed by atoms with Crippen molar-refractivity contribution in [1.82, 2.24) is 5.43 Å². The van der Waals surface area contributed by atoms with E-state index in [2.05, 4.69) is 10.5 Å². The summed E-state index contributed by atoms with van der Waals surface area (Å²) >= 11 is 17.8. The van der Waals surface area contributed by atoms with E-state index < -0.39 is 5.91 Å². The molecule has 0 spiro atoms. The third-order valence-electron chi connectivity index (χ3n) is 4.17. The molecule has 9 heteroatoms. The van der Waals surface area contributed by atoms with Crippen LogP contribution in [0.2, 0.25) is 15.1 Å². The first kappa shape index (κ1) is 23.7. The number of rotatable bonds is 9. The first-order valence-corrected chi connectivity index (χ1v) is 10.5. The summed E-state index contributed by atoms with van der Waals surface area (Å²) in [7, 11) is 1.55. The van der Waals surface area contributed by atoms with Gasteiger partial charge in [-0.3, -0.25) is 4.79 Å². The molecule has 0 fully saturated rings. The van der Waals surface area contributed by atoms with Crippen LogP contribution in [0.25, 0.3) is 0 Å². The van der Waals surface area contributed by atoms with Crippen LogP contribution >= 0.6 is 34.8 Å². The molecule has 6 nitrogen and oxygen atoms in total. The van der Waals surface area contributed by atoms with Crippen molar-refractivity contribution in [3.8, 4) is 17.2 Å². The zero-order chi connectivity index (χ0) is 22.9. The number of nitrogens with one attached hydrogen (secondary N) is 1. The summed E-state index contributed by atoms with van der Waals surface area (Å²) in [5.41, 5.74) is 4.07. The number of hydrogen-bond acceptors (Lipinski definition) is 5. The Labute approximate surface area is 200 Å². The molecule has 0 aliphatic heterocycles. The number of hydrogen-bond donors (Lipinski definition) is 1. The number of ether oxygens (including phenoxy) is 3. The van der Waals surface area contributed by atoms with Crippen molar-refractivity contribution in [2.24, 2.45) is 5.10 Å². The molecule has 0 atom stereocenters. The molecule has 0 aliphatic rings. The summed E-state index contributed by atoms with van der Waals surface area (Å²) in [5, 5.41) is 5.19. The number of carbonyl (C=O) groups excluding carboxylic acids is 1. The molecule has 0 radical (unpaired) electrons. The van der Waals surface area contributed by atoms with Crippen LogP contribution in [0.5, 0.6) is 17.2 Å². The van der Waals surface area contributed by atoms with Crippen LogP contribution in [-0.2, 0) is 11.4 Å². The normalized spacial score (nSPS) is 10.8. The lowest BCUT2D eigenvalue weighted by molar-refractivity contribution is -0.123. The Balaban J connectivity index is 1.53. The van der Waals surface area contributed by atoms with Gasteiger partial charge in [0.25, 0.3) is 5.91 Å². The first-order chi connectivity index (χ1) is 15.5. The summed E-state index contributed by atoms with van der Waals surface area (Å²) in [5.74, 6) is 0.980. The van der Waals surface area contributed by atoms with Gasteiger partial charge in [0.05, 0.1) is 18.3 Å². The maximum Gasteiger partial charge on any atom is 0.277 e. The molecule has 0 heterocycles. The van der Waals surface area contributed by atoms with Crippen LogP contribution in [0.1, 0.15) is 11.1 Å². The van der Waals surface area contributed by atoms with Crippen molar-refractivity contribution >= 4 is 46.9 Å². The maximum atomic E-state index is 11.9. The third kappa shape index (κ3) is 6.79. The van der Waals surface area contributed by atoms with Crippen molar-refractivity contribution in [2.75, 3.05) is 13.7 Å². The Bertz CT molecular complexity index is 1100. The average Bonchev–Trinajstić information content (AvgIpc) is 2.80. The molecule has 166 valence electrons. The average molecular weight is 494 g/mol.